The number of esters is 3. The maximum Gasteiger partial charge on any atom is 0.320 e. The molecule has 1 aromatic carbocycles. The van der Waals surface area contributed by atoms with Gasteiger partial charge in [-0.3, -0.25) is 33.9 Å². The van der Waals surface area contributed by atoms with Crippen molar-refractivity contribution in [2.45, 2.75) is 78.2 Å². The number of carboxylic acids is 1. The van der Waals surface area contributed by atoms with E-state index in [1.165, 1.54) is 0 Å². The monoisotopic (exact) mass is 620 g/mol. The number of benzene rings is 1. The molecular weight excluding hydrogens is 568 g/mol. The van der Waals surface area contributed by atoms with Crippen molar-refractivity contribution in [2.24, 2.45) is 0 Å². The lowest BCUT2D eigenvalue weighted by molar-refractivity contribution is -0.157. The van der Waals surface area contributed by atoms with E-state index < -0.39 is 29.2 Å². The summed E-state index contributed by atoms with van der Waals surface area (Å²) >= 11 is 0. The first-order chi connectivity index (χ1) is 20.6. The molecule has 12 nitrogen and oxygen atoms in total. The van der Waals surface area contributed by atoms with Gasteiger partial charge in [-0.05, 0) is 53.5 Å². The fourth-order valence-corrected chi connectivity index (χ4v) is 4.74. The smallest absolute Gasteiger partial charge is 0.320 e. The quantitative estimate of drug-likeness (QED) is 0.277. The average molecular weight is 621 g/mol. The van der Waals surface area contributed by atoms with Gasteiger partial charge in [0.25, 0.3) is 0 Å². The molecule has 248 valence electrons. The van der Waals surface area contributed by atoms with E-state index >= 15 is 0 Å². The van der Waals surface area contributed by atoms with Crippen LogP contribution in [-0.4, -0.2) is 126 Å². The minimum atomic E-state index is -1.05. The number of hydrogen-bond acceptors (Lipinski definition) is 11. The van der Waals surface area contributed by atoms with Crippen LogP contribution in [0.25, 0.3) is 0 Å². The molecule has 0 amide bonds. The van der Waals surface area contributed by atoms with Crippen LogP contribution < -0.4 is 5.32 Å². The summed E-state index contributed by atoms with van der Waals surface area (Å²) in [5.74, 6) is -2.23. The molecule has 1 aliphatic rings. The Morgan fingerprint density at radius 2 is 1.27 bits per heavy atom. The standard InChI is InChI=1S/C32H52N4O8/c1-31(2,3)43-28(38)22-34-16-14-33-15-17-35(23-29(39)44-32(4,5)6)19-21-36(20-18-34)26(30(40)41)12-13-27(37)42-24-25-10-8-7-9-11-25/h7-11,26,33H,12-24H2,1-6H3,(H,40,41). The summed E-state index contributed by atoms with van der Waals surface area (Å²) in [4.78, 5) is 56.0. The lowest BCUT2D eigenvalue weighted by Gasteiger charge is -2.34. The molecule has 0 spiro atoms. The molecule has 0 saturated carbocycles. The Morgan fingerprint density at radius 3 is 1.73 bits per heavy atom. The second-order valence-corrected chi connectivity index (χ2v) is 13.1. The number of nitrogens with one attached hydrogen (secondary N) is 1. The number of ether oxygens (including phenoxy) is 3. The Bertz CT molecular complexity index is 1010. The van der Waals surface area contributed by atoms with Crippen LogP contribution in [0.3, 0.4) is 0 Å². The summed E-state index contributed by atoms with van der Waals surface area (Å²) in [6.45, 7) is 14.9. The summed E-state index contributed by atoms with van der Waals surface area (Å²) in [5.41, 5.74) is -0.382. The van der Waals surface area contributed by atoms with Crippen molar-refractivity contribution >= 4 is 23.9 Å². The van der Waals surface area contributed by atoms with Crippen molar-refractivity contribution in [2.75, 3.05) is 65.4 Å². The maximum absolute atomic E-state index is 12.6. The van der Waals surface area contributed by atoms with Crippen LogP contribution in [0.5, 0.6) is 0 Å². The number of hydrogen-bond donors (Lipinski definition) is 2. The fraction of sp³-hybridized carbons (Fsp3) is 0.688. The normalized spacial score (nSPS) is 17.5. The van der Waals surface area contributed by atoms with Crippen LogP contribution >= 0.6 is 0 Å². The zero-order chi connectivity index (χ0) is 32.8. The molecule has 1 atom stereocenters. The Morgan fingerprint density at radius 1 is 0.773 bits per heavy atom. The third-order valence-electron chi connectivity index (χ3n) is 6.75. The van der Waals surface area contributed by atoms with Gasteiger partial charge < -0.3 is 24.6 Å². The third kappa shape index (κ3) is 16.1. The number of aliphatic carboxylic acids is 1. The van der Waals surface area contributed by atoms with E-state index in [4.69, 9.17) is 14.2 Å². The van der Waals surface area contributed by atoms with Crippen molar-refractivity contribution in [3.8, 4) is 0 Å². The molecule has 0 aliphatic carbocycles. The molecule has 1 aliphatic heterocycles. The van der Waals surface area contributed by atoms with Crippen LogP contribution in [0.1, 0.15) is 59.9 Å². The number of nitrogens with zero attached hydrogens (tertiary/aromatic N) is 3. The second kappa shape index (κ2) is 18.0. The predicted octanol–water partition coefficient (Wildman–Crippen LogP) is 2.16. The third-order valence-corrected chi connectivity index (χ3v) is 6.75. The van der Waals surface area contributed by atoms with Gasteiger partial charge in [0.05, 0.1) is 13.1 Å². The summed E-state index contributed by atoms with van der Waals surface area (Å²) in [6.07, 6.45) is -0.00386. The first-order valence-corrected chi connectivity index (χ1v) is 15.4. The van der Waals surface area contributed by atoms with Crippen LogP contribution in [0, 0.1) is 0 Å². The van der Waals surface area contributed by atoms with E-state index in [0.29, 0.717) is 52.4 Å². The molecule has 0 bridgehead atoms. The van der Waals surface area contributed by atoms with E-state index in [0.717, 1.165) is 5.56 Å². The summed E-state index contributed by atoms with van der Waals surface area (Å²) in [5, 5.41) is 13.6. The summed E-state index contributed by atoms with van der Waals surface area (Å²) in [7, 11) is 0. The highest BCUT2D eigenvalue weighted by Gasteiger charge is 2.29. The van der Waals surface area contributed by atoms with Gasteiger partial charge in [0.15, 0.2) is 0 Å². The summed E-state index contributed by atoms with van der Waals surface area (Å²) in [6, 6.07) is 8.33. The molecule has 2 N–H and O–H groups in total. The van der Waals surface area contributed by atoms with Crippen molar-refractivity contribution < 1.29 is 38.5 Å². The van der Waals surface area contributed by atoms with Crippen LogP contribution in [0.4, 0.5) is 0 Å². The SMILES string of the molecule is CC(C)(C)OC(=O)CN1CCNCCN(CC(=O)OC(C)(C)C)CCN(C(CCC(=O)OCc2ccccc2)C(=O)O)CC1. The first kappa shape index (κ1) is 37.1. The highest BCUT2D eigenvalue weighted by atomic mass is 16.6. The molecule has 2 rings (SSSR count). The fourth-order valence-electron chi connectivity index (χ4n) is 4.74. The highest BCUT2D eigenvalue weighted by molar-refractivity contribution is 5.75. The van der Waals surface area contributed by atoms with Crippen LogP contribution in [-0.2, 0) is 40.0 Å². The van der Waals surface area contributed by atoms with Crippen LogP contribution in [0.15, 0.2) is 30.3 Å². The van der Waals surface area contributed by atoms with E-state index in [2.05, 4.69) is 5.32 Å². The predicted molar refractivity (Wildman–Crippen MR) is 166 cm³/mol. The average Bonchev–Trinajstić information content (AvgIpc) is 2.89. The molecule has 1 aromatic rings. The van der Waals surface area contributed by atoms with Crippen molar-refractivity contribution in [3.63, 3.8) is 0 Å². The van der Waals surface area contributed by atoms with Gasteiger partial charge in [0, 0.05) is 58.8 Å². The topological polar surface area (TPSA) is 138 Å². The van der Waals surface area contributed by atoms with E-state index in [-0.39, 0.29) is 44.5 Å². The van der Waals surface area contributed by atoms with Crippen molar-refractivity contribution in [1.82, 2.24) is 20.0 Å². The summed E-state index contributed by atoms with van der Waals surface area (Å²) < 4.78 is 16.4. The van der Waals surface area contributed by atoms with Gasteiger partial charge in [-0.2, -0.15) is 0 Å². The molecule has 1 saturated heterocycles. The van der Waals surface area contributed by atoms with Crippen molar-refractivity contribution in [1.29, 1.82) is 0 Å². The number of carbonyl (C=O) groups excluding carboxylic acids is 3. The Labute approximate surface area is 262 Å². The molecule has 1 heterocycles. The zero-order valence-corrected chi connectivity index (χ0v) is 27.3. The molecule has 0 radical (unpaired) electrons. The maximum atomic E-state index is 12.6. The Kier molecular flexibility index (Phi) is 15.2. The molecular formula is C32H52N4O8. The number of carboxylic acid groups (broad SMARTS) is 1. The molecule has 0 aromatic heterocycles. The minimum absolute atomic E-state index is 0.0582. The Hall–Kier alpha value is -3.06. The van der Waals surface area contributed by atoms with Crippen molar-refractivity contribution in [3.05, 3.63) is 35.9 Å². The Balaban J connectivity index is 2.15. The van der Waals surface area contributed by atoms with Gasteiger partial charge in [0.2, 0.25) is 0 Å². The second-order valence-electron chi connectivity index (χ2n) is 13.1. The minimum Gasteiger partial charge on any atom is -0.480 e. The van der Waals surface area contributed by atoms with Gasteiger partial charge >= 0.3 is 23.9 Å². The number of carbonyl (C=O) groups is 4. The first-order valence-electron chi connectivity index (χ1n) is 15.4. The van der Waals surface area contributed by atoms with E-state index in [9.17, 15) is 24.3 Å². The van der Waals surface area contributed by atoms with Gasteiger partial charge in [-0.1, -0.05) is 30.3 Å². The van der Waals surface area contributed by atoms with Gasteiger partial charge in [0.1, 0.15) is 23.9 Å². The molecule has 12 heteroatoms. The van der Waals surface area contributed by atoms with Gasteiger partial charge in [-0.25, -0.2) is 0 Å². The van der Waals surface area contributed by atoms with E-state index in [1.807, 2.05) is 86.6 Å². The molecule has 1 unspecified atom stereocenters. The van der Waals surface area contributed by atoms with E-state index in [1.54, 1.807) is 0 Å². The molecule has 44 heavy (non-hydrogen) atoms. The highest BCUT2D eigenvalue weighted by Crippen LogP contribution is 2.13. The number of rotatable bonds is 11. The zero-order valence-electron chi connectivity index (χ0n) is 27.3. The van der Waals surface area contributed by atoms with Gasteiger partial charge in [-0.15, -0.1) is 0 Å². The lowest BCUT2D eigenvalue weighted by Crippen LogP contribution is -2.51. The molecule has 1 fully saturated rings. The largest absolute Gasteiger partial charge is 0.480 e. The lowest BCUT2D eigenvalue weighted by atomic mass is 10.1. The van der Waals surface area contributed by atoms with Crippen LogP contribution in [0.2, 0.25) is 0 Å².